The zero-order valence-corrected chi connectivity index (χ0v) is 7.62. The Morgan fingerprint density at radius 2 is 1.62 bits per heavy atom. The molecule has 1 rings (SSSR count). The molecule has 1 radical (unpaired) electrons. The van der Waals surface area contributed by atoms with Crippen LogP contribution in [-0.2, 0) is 18.3 Å². The Kier molecular flexibility index (Phi) is 6.29. The van der Waals surface area contributed by atoms with Crippen LogP contribution in [0.25, 0.3) is 0 Å². The van der Waals surface area contributed by atoms with Gasteiger partial charge in [-0.3, -0.25) is 0 Å². The van der Waals surface area contributed by atoms with Crippen molar-refractivity contribution < 1.29 is 18.3 Å². The minimum atomic E-state index is 0.435. The van der Waals surface area contributed by atoms with Gasteiger partial charge in [0.1, 0.15) is 0 Å². The van der Waals surface area contributed by atoms with Crippen LogP contribution in [0.5, 0.6) is 0 Å². The van der Waals surface area contributed by atoms with Crippen LogP contribution in [0.1, 0.15) is 0 Å². The number of allylic oxidation sites excluding steroid dienone is 4. The Labute approximate surface area is 68.5 Å². The van der Waals surface area contributed by atoms with Crippen molar-refractivity contribution in [3.8, 4) is 0 Å². The van der Waals surface area contributed by atoms with Crippen molar-refractivity contribution in [2.75, 3.05) is 0 Å². The summed E-state index contributed by atoms with van der Waals surface area (Å²) in [6.45, 7) is 3.76. The Balaban J connectivity index is 0.000000222. The third-order valence-electron chi connectivity index (χ3n) is 0.828. The predicted molar refractivity (Wildman–Crippen MR) is 36.1 cm³/mol. The van der Waals surface area contributed by atoms with Crippen molar-refractivity contribution in [2.45, 2.75) is 0 Å². The molecule has 0 atom stereocenters. The van der Waals surface area contributed by atoms with E-state index in [-0.39, 0.29) is 0 Å². The van der Waals surface area contributed by atoms with E-state index in [2.05, 4.69) is 32.2 Å². The molecule has 0 N–H and O–H groups in total. The zero-order valence-electron chi connectivity index (χ0n) is 4.47. The third-order valence-corrected chi connectivity index (χ3v) is 0.828. The first-order valence-electron chi connectivity index (χ1n) is 2.26. The fraction of sp³-hybridized carbons (Fsp3) is 0.167. The quantitative estimate of drug-likeness (QED) is 0.535. The molecule has 0 aromatic rings. The van der Waals surface area contributed by atoms with Crippen molar-refractivity contribution >= 4 is 13.2 Å². The van der Waals surface area contributed by atoms with Gasteiger partial charge in [0, 0.05) is 0 Å². The molecular weight excluding hydrogens is 200 g/mol. The second kappa shape index (κ2) is 5.80. The van der Waals surface area contributed by atoms with E-state index >= 15 is 0 Å². The van der Waals surface area contributed by atoms with Crippen LogP contribution < -0.4 is 0 Å². The molecule has 0 heterocycles. The van der Waals surface area contributed by atoms with E-state index in [1.165, 1.54) is 0 Å². The van der Waals surface area contributed by atoms with Crippen molar-refractivity contribution in [1.82, 2.24) is 0 Å². The molecule has 0 fully saturated rings. The summed E-state index contributed by atoms with van der Waals surface area (Å²) in [6, 6.07) is 0. The summed E-state index contributed by atoms with van der Waals surface area (Å²) in [5.74, 6) is 0.435. The van der Waals surface area contributed by atoms with Gasteiger partial charge in [-0.15, -0.1) is 0 Å². The molecule has 0 aliphatic heterocycles. The minimum absolute atomic E-state index is 0.435. The van der Waals surface area contributed by atoms with Crippen LogP contribution in [0.4, 0.5) is 0 Å². The van der Waals surface area contributed by atoms with Crippen LogP contribution in [0.3, 0.4) is 0 Å². The number of rotatable bonds is 0. The second-order valence-electron chi connectivity index (χ2n) is 1.43. The van der Waals surface area contributed by atoms with Crippen molar-refractivity contribution in [2.24, 2.45) is 5.92 Å². The normalized spacial score (nSPS) is 15.6. The summed E-state index contributed by atoms with van der Waals surface area (Å²) in [5, 5.41) is 0. The summed E-state index contributed by atoms with van der Waals surface area (Å²) >= 11 is 4.75. The van der Waals surface area contributed by atoms with Gasteiger partial charge >= 0.3 is 31.5 Å². The number of hydrogen-bond donors (Lipinski definition) is 0. The average molecular weight is 207 g/mol. The van der Waals surface area contributed by atoms with Crippen LogP contribution >= 0.6 is 13.2 Å². The number of hydrogen-bond acceptors (Lipinski definition) is 0. The Hall–Kier alpha value is 0.674. The van der Waals surface area contributed by atoms with E-state index in [1.54, 1.807) is 0 Å². The van der Waals surface area contributed by atoms with Crippen molar-refractivity contribution in [3.63, 3.8) is 0 Å². The SMILES string of the molecule is [CH2]C1C=CC=C1.[Ti][Br]. The number of halogens is 1. The standard InChI is InChI=1S/C6H7.BrH.Ti/c1-6-4-2-3-5-6;;/h2-6H,1H2;1H;/q;;+1/p-1. The van der Waals surface area contributed by atoms with Gasteiger partial charge in [0.25, 0.3) is 0 Å². The molecule has 0 bridgehead atoms. The first kappa shape index (κ1) is 8.67. The van der Waals surface area contributed by atoms with Gasteiger partial charge in [-0.1, -0.05) is 24.3 Å². The zero-order chi connectivity index (χ0) is 6.41. The van der Waals surface area contributed by atoms with Crippen LogP contribution in [-0.4, -0.2) is 0 Å². The van der Waals surface area contributed by atoms with Gasteiger partial charge in [0.05, 0.1) is 0 Å². The fourth-order valence-electron chi connectivity index (χ4n) is 0.478. The molecule has 0 spiro atoms. The second-order valence-corrected chi connectivity index (χ2v) is 1.43. The first-order valence-corrected chi connectivity index (χ1v) is 6.12. The van der Waals surface area contributed by atoms with Crippen molar-refractivity contribution in [1.29, 1.82) is 0 Å². The molecule has 0 amide bonds. The van der Waals surface area contributed by atoms with E-state index in [0.717, 1.165) is 0 Å². The Morgan fingerprint density at radius 3 is 1.75 bits per heavy atom. The maximum absolute atomic E-state index is 3.76. The van der Waals surface area contributed by atoms with E-state index in [0.29, 0.717) is 5.92 Å². The molecule has 0 aromatic heterocycles. The van der Waals surface area contributed by atoms with Gasteiger partial charge in [0.2, 0.25) is 0 Å². The fourth-order valence-corrected chi connectivity index (χ4v) is 0.478. The van der Waals surface area contributed by atoms with E-state index in [9.17, 15) is 0 Å². The van der Waals surface area contributed by atoms with Gasteiger partial charge in [-0.25, -0.2) is 0 Å². The van der Waals surface area contributed by atoms with E-state index in [1.807, 2.05) is 30.5 Å². The van der Waals surface area contributed by atoms with Gasteiger partial charge in [-0.05, 0) is 12.8 Å². The first-order chi connectivity index (χ1) is 3.89. The Morgan fingerprint density at radius 1 is 1.25 bits per heavy atom. The molecule has 1 aliphatic rings. The molecule has 42 valence electrons. The summed E-state index contributed by atoms with van der Waals surface area (Å²) in [5.41, 5.74) is 0. The summed E-state index contributed by atoms with van der Waals surface area (Å²) in [7, 11) is 0. The molecule has 0 nitrogen and oxygen atoms in total. The molecule has 0 saturated heterocycles. The van der Waals surface area contributed by atoms with E-state index < -0.39 is 0 Å². The summed E-state index contributed by atoms with van der Waals surface area (Å²) < 4.78 is 0. The topological polar surface area (TPSA) is 0 Å². The van der Waals surface area contributed by atoms with Crippen LogP contribution in [0.2, 0.25) is 0 Å². The molecule has 8 heavy (non-hydrogen) atoms. The summed E-state index contributed by atoms with van der Waals surface area (Å²) in [6.07, 6.45) is 8.13. The predicted octanol–water partition coefficient (Wildman–Crippen LogP) is 2.41. The Bertz CT molecular complexity index is 84.7. The third kappa shape index (κ3) is 3.65. The summed E-state index contributed by atoms with van der Waals surface area (Å²) in [4.78, 5) is 0. The molecule has 2 heteroatoms. The average Bonchev–Trinajstić information content (AvgIpc) is 2.24. The molecule has 0 aromatic carbocycles. The molecule has 0 unspecified atom stereocenters. The maximum atomic E-state index is 3.76. The van der Waals surface area contributed by atoms with Gasteiger partial charge in [-0.2, -0.15) is 0 Å². The van der Waals surface area contributed by atoms with Crippen LogP contribution in [0, 0.1) is 12.8 Å². The van der Waals surface area contributed by atoms with E-state index in [4.69, 9.17) is 0 Å². The molecule has 0 saturated carbocycles. The van der Waals surface area contributed by atoms with Gasteiger partial charge in [0.15, 0.2) is 0 Å². The molecule has 1 aliphatic carbocycles. The van der Waals surface area contributed by atoms with Crippen molar-refractivity contribution in [3.05, 3.63) is 31.2 Å². The molecular formula is C6H7BrTi. The van der Waals surface area contributed by atoms with Gasteiger partial charge < -0.3 is 0 Å². The van der Waals surface area contributed by atoms with Crippen LogP contribution in [0.15, 0.2) is 24.3 Å². The monoisotopic (exact) mass is 206 g/mol.